The minimum Gasteiger partial charge on any atom is -0.339 e. The van der Waals surface area contributed by atoms with Crippen molar-refractivity contribution >= 4 is 23.0 Å². The molecule has 3 saturated heterocycles. The van der Waals surface area contributed by atoms with Gasteiger partial charge in [-0.15, -0.1) is 0 Å². The van der Waals surface area contributed by atoms with E-state index in [2.05, 4.69) is 24.8 Å². The molecule has 0 unspecified atom stereocenters. The topological polar surface area (TPSA) is 144 Å². The van der Waals surface area contributed by atoms with Crippen molar-refractivity contribution in [1.82, 2.24) is 19.9 Å². The first-order chi connectivity index (χ1) is 17.8. The van der Waals surface area contributed by atoms with E-state index in [0.29, 0.717) is 29.4 Å². The van der Waals surface area contributed by atoms with Crippen LogP contribution >= 0.6 is 0 Å². The Morgan fingerprint density at radius 2 is 1.16 bits per heavy atom. The summed E-state index contributed by atoms with van der Waals surface area (Å²) in [5.41, 5.74) is 0.923. The number of nitro groups is 2. The molecule has 0 bridgehead atoms. The Morgan fingerprint density at radius 1 is 0.730 bits per heavy atom. The Bertz CT molecular complexity index is 1180. The van der Waals surface area contributed by atoms with Gasteiger partial charge >= 0.3 is 11.4 Å². The molecule has 0 N–H and O–H groups in total. The first-order valence-corrected chi connectivity index (χ1v) is 12.9. The van der Waals surface area contributed by atoms with E-state index in [1.54, 1.807) is 6.92 Å². The van der Waals surface area contributed by atoms with Crippen molar-refractivity contribution in [3.63, 3.8) is 0 Å². The normalized spacial score (nSPS) is 20.8. The van der Waals surface area contributed by atoms with Crippen LogP contribution in [0.1, 0.15) is 18.3 Å². The fraction of sp³-hybridized carbons (Fsp3) is 0.652. The Morgan fingerprint density at radius 3 is 1.59 bits per heavy atom. The molecule has 198 valence electrons. The molecule has 2 spiro atoms. The van der Waals surface area contributed by atoms with Gasteiger partial charge in [-0.05, 0) is 13.3 Å². The molecule has 2 aromatic heterocycles. The number of quaternary nitrogens is 2. The average molecular weight is 515 g/mol. The number of aromatic nitrogens is 4. The minimum atomic E-state index is -0.378. The summed E-state index contributed by atoms with van der Waals surface area (Å²) >= 11 is 0. The summed E-state index contributed by atoms with van der Waals surface area (Å²) < 4.78 is 2.08. The lowest BCUT2D eigenvalue weighted by molar-refractivity contribution is -1.03. The summed E-state index contributed by atoms with van der Waals surface area (Å²) in [6.45, 7) is 14.6. The smallest absolute Gasteiger partial charge is 0.332 e. The van der Waals surface area contributed by atoms with Crippen LogP contribution in [0.5, 0.6) is 0 Å². The van der Waals surface area contributed by atoms with Gasteiger partial charge in [-0.3, -0.25) is 20.2 Å². The first kappa shape index (κ1) is 25.1. The van der Waals surface area contributed by atoms with Gasteiger partial charge in [0.1, 0.15) is 50.2 Å². The van der Waals surface area contributed by atoms with Crippen LogP contribution in [0.15, 0.2) is 12.7 Å². The van der Waals surface area contributed by atoms with Crippen molar-refractivity contribution in [3.8, 4) is 0 Å². The molecule has 0 aliphatic carbocycles. The molecule has 3 aliphatic rings. The predicted molar refractivity (Wildman–Crippen MR) is 135 cm³/mol. The zero-order chi connectivity index (χ0) is 26.2. The van der Waals surface area contributed by atoms with Gasteiger partial charge in [0.2, 0.25) is 11.6 Å². The van der Waals surface area contributed by atoms with E-state index in [4.69, 9.17) is 0 Å². The monoisotopic (exact) mass is 514 g/mol. The van der Waals surface area contributed by atoms with Gasteiger partial charge in [0, 0.05) is 0 Å². The van der Waals surface area contributed by atoms with E-state index in [-0.39, 0.29) is 21.2 Å². The average Bonchev–Trinajstić information content (AvgIpc) is 2.90. The predicted octanol–water partition coefficient (Wildman–Crippen LogP) is 0.941. The highest BCUT2D eigenvalue weighted by atomic mass is 16.6. The Labute approximate surface area is 215 Å². The van der Waals surface area contributed by atoms with Crippen molar-refractivity contribution < 1.29 is 18.8 Å². The molecule has 2 aromatic rings. The van der Waals surface area contributed by atoms with E-state index in [9.17, 15) is 20.2 Å². The van der Waals surface area contributed by atoms with Crippen molar-refractivity contribution in [1.29, 1.82) is 0 Å². The molecule has 5 heterocycles. The Kier molecular flexibility index (Phi) is 6.62. The second-order valence-electron chi connectivity index (χ2n) is 10.4. The van der Waals surface area contributed by atoms with E-state index < -0.39 is 0 Å². The van der Waals surface area contributed by atoms with Gasteiger partial charge in [-0.2, -0.15) is 0 Å². The van der Waals surface area contributed by atoms with Gasteiger partial charge < -0.3 is 18.8 Å². The van der Waals surface area contributed by atoms with Crippen LogP contribution in [-0.4, -0.2) is 117 Å². The van der Waals surface area contributed by atoms with Gasteiger partial charge in [0.25, 0.3) is 0 Å². The summed E-state index contributed by atoms with van der Waals surface area (Å²) in [6.07, 6.45) is 3.34. The molecular formula is C23H34N10O4+2. The Hall–Kier alpha value is -3.52. The van der Waals surface area contributed by atoms with Crippen molar-refractivity contribution in [2.75, 3.05) is 88.3 Å². The highest BCUT2D eigenvalue weighted by Crippen LogP contribution is 2.33. The zero-order valence-corrected chi connectivity index (χ0v) is 21.5. The molecule has 5 rings (SSSR count). The highest BCUT2D eigenvalue weighted by molar-refractivity contribution is 5.60. The van der Waals surface area contributed by atoms with E-state index in [0.717, 1.165) is 87.5 Å². The fourth-order valence-electron chi connectivity index (χ4n) is 6.15. The molecule has 0 amide bonds. The molecular weight excluding hydrogens is 480 g/mol. The minimum absolute atomic E-state index is 0.00644. The van der Waals surface area contributed by atoms with Crippen molar-refractivity contribution in [2.45, 2.75) is 20.3 Å². The van der Waals surface area contributed by atoms with Gasteiger partial charge in [-0.25, -0.2) is 19.9 Å². The molecule has 3 aliphatic heterocycles. The summed E-state index contributed by atoms with van der Waals surface area (Å²) in [5.74, 6) is 0.873. The SMILES string of the molecule is CCc1ncnc(N2CC[N+]3(CC2)CC[N+]2(CCN(c4ncnc(C)c4[N+](=O)[O-])CC2)CC3)c1[N+](=O)[O-]. The number of rotatable bonds is 5. The lowest BCUT2D eigenvalue weighted by Gasteiger charge is -2.54. The van der Waals surface area contributed by atoms with Gasteiger partial charge in [-0.1, -0.05) is 6.92 Å². The third-order valence-electron chi connectivity index (χ3n) is 8.64. The highest BCUT2D eigenvalue weighted by Gasteiger charge is 2.46. The molecule has 14 nitrogen and oxygen atoms in total. The first-order valence-electron chi connectivity index (χ1n) is 12.9. The maximum Gasteiger partial charge on any atom is 0.332 e. The number of piperazine rings is 3. The van der Waals surface area contributed by atoms with Crippen LogP contribution < -0.4 is 9.80 Å². The molecule has 0 atom stereocenters. The van der Waals surface area contributed by atoms with Gasteiger partial charge in [0.15, 0.2) is 0 Å². The van der Waals surface area contributed by atoms with Crippen LogP contribution in [0.4, 0.5) is 23.0 Å². The van der Waals surface area contributed by atoms with Crippen LogP contribution in [0.3, 0.4) is 0 Å². The Balaban J connectivity index is 1.20. The second kappa shape index (κ2) is 9.74. The van der Waals surface area contributed by atoms with Crippen LogP contribution in [0, 0.1) is 27.2 Å². The van der Waals surface area contributed by atoms with Gasteiger partial charge in [0.05, 0.1) is 62.2 Å². The fourth-order valence-corrected chi connectivity index (χ4v) is 6.15. The van der Waals surface area contributed by atoms with Crippen LogP contribution in [0.2, 0.25) is 0 Å². The number of anilines is 2. The number of nitrogens with zero attached hydrogens (tertiary/aromatic N) is 10. The molecule has 0 aromatic carbocycles. The largest absolute Gasteiger partial charge is 0.339 e. The second-order valence-corrected chi connectivity index (χ2v) is 10.4. The third kappa shape index (κ3) is 4.66. The molecule has 37 heavy (non-hydrogen) atoms. The summed E-state index contributed by atoms with van der Waals surface area (Å²) in [4.78, 5) is 43.4. The number of hydrogen-bond donors (Lipinski definition) is 0. The lowest BCUT2D eigenvalue weighted by Crippen LogP contribution is -2.73. The summed E-state index contributed by atoms with van der Waals surface area (Å²) in [5, 5.41) is 23.3. The standard InChI is InChI=1S/C23H34N10O4/c1-3-19-21(31(36)37)23(27-17-25-19)29-6-10-33(11-7-29)14-12-32(13-15-33)8-4-28(5-9-32)22-20(30(34)35)18(2)24-16-26-22/h16-17H,3-15H2,1-2H3/q+2. The summed E-state index contributed by atoms with van der Waals surface area (Å²) in [7, 11) is 0. The maximum atomic E-state index is 11.7. The van der Waals surface area contributed by atoms with Crippen molar-refractivity contribution in [3.05, 3.63) is 44.3 Å². The number of hydrogen-bond acceptors (Lipinski definition) is 10. The number of aryl methyl sites for hydroxylation is 2. The molecule has 14 heteroatoms. The third-order valence-corrected chi connectivity index (χ3v) is 8.64. The maximum absolute atomic E-state index is 11.7. The molecule has 0 radical (unpaired) electrons. The van der Waals surface area contributed by atoms with Crippen LogP contribution in [0.25, 0.3) is 0 Å². The van der Waals surface area contributed by atoms with E-state index in [1.165, 1.54) is 12.7 Å². The quantitative estimate of drug-likeness (QED) is 0.321. The zero-order valence-electron chi connectivity index (χ0n) is 21.5. The molecule has 3 fully saturated rings. The van der Waals surface area contributed by atoms with E-state index >= 15 is 0 Å². The summed E-state index contributed by atoms with van der Waals surface area (Å²) in [6, 6.07) is 0. The van der Waals surface area contributed by atoms with Crippen molar-refractivity contribution in [2.24, 2.45) is 0 Å². The lowest BCUT2D eigenvalue weighted by atomic mass is 10.1. The molecule has 0 saturated carbocycles. The van der Waals surface area contributed by atoms with Crippen LogP contribution in [-0.2, 0) is 6.42 Å². The van der Waals surface area contributed by atoms with E-state index in [1.807, 2.05) is 11.8 Å².